The zero-order chi connectivity index (χ0) is 14.1. The molecule has 0 nitrogen and oxygen atoms in total. The topological polar surface area (TPSA) is 0 Å². The van der Waals surface area contributed by atoms with E-state index in [4.69, 9.17) is 0 Å². The van der Waals surface area contributed by atoms with E-state index in [1.165, 1.54) is 32.7 Å². The third-order valence-corrected chi connectivity index (χ3v) is 4.14. The molecule has 0 atom stereocenters. The summed E-state index contributed by atoms with van der Waals surface area (Å²) >= 11 is 0. The fourth-order valence-electron chi connectivity index (χ4n) is 3.10. The average molecular weight is 314 g/mol. The largest absolute Gasteiger partial charge is 0.0616 e. The van der Waals surface area contributed by atoms with Crippen LogP contribution >= 0.6 is 0 Å². The van der Waals surface area contributed by atoms with Gasteiger partial charge in [0.25, 0.3) is 0 Å². The average Bonchev–Trinajstić information content (AvgIpc) is 2.56. The minimum Gasteiger partial charge on any atom is -0.0616 e. The van der Waals surface area contributed by atoms with E-state index in [2.05, 4.69) is 84.9 Å². The molecule has 0 fully saturated rings. The Bertz CT molecular complexity index is 841. The van der Waals surface area contributed by atoms with Crippen LogP contribution in [0.4, 0.5) is 0 Å². The Hall–Kier alpha value is -0.600. The van der Waals surface area contributed by atoms with Crippen molar-refractivity contribution in [3.05, 3.63) is 96.1 Å². The van der Waals surface area contributed by atoms with E-state index in [1.54, 1.807) is 0 Å². The van der Waals surface area contributed by atoms with Gasteiger partial charge in [-0.15, -0.1) is 0 Å². The Balaban J connectivity index is 0.000000960. The summed E-state index contributed by atoms with van der Waals surface area (Å²) in [6.07, 6.45) is 0.975. The summed E-state index contributed by atoms with van der Waals surface area (Å²) in [4.78, 5) is 0. The molecule has 2 radical (unpaired) electrons. The maximum absolute atomic E-state index is 2.24. The molecule has 0 bridgehead atoms. The van der Waals surface area contributed by atoms with E-state index in [0.717, 1.165) is 6.42 Å². The summed E-state index contributed by atoms with van der Waals surface area (Å²) in [5.74, 6) is 0. The van der Waals surface area contributed by atoms with Gasteiger partial charge in [-0.05, 0) is 39.1 Å². The minimum absolute atomic E-state index is 0. The van der Waals surface area contributed by atoms with E-state index in [-0.39, 0.29) is 59.1 Å². The Kier molecular flexibility index (Phi) is 6.91. The summed E-state index contributed by atoms with van der Waals surface area (Å²) in [6.45, 7) is 0. The van der Waals surface area contributed by atoms with Crippen molar-refractivity contribution in [2.45, 2.75) is 6.42 Å². The fraction of sp³-hybridized carbons (Fsp3) is 0.0476. The van der Waals surface area contributed by atoms with Crippen LogP contribution in [0.3, 0.4) is 0 Å². The Morgan fingerprint density at radius 2 is 0.826 bits per heavy atom. The van der Waals surface area contributed by atoms with Crippen LogP contribution < -0.4 is 0 Å². The third kappa shape index (κ3) is 3.91. The van der Waals surface area contributed by atoms with Crippen LogP contribution in [0.25, 0.3) is 21.5 Å². The van der Waals surface area contributed by atoms with Gasteiger partial charge in [0.15, 0.2) is 0 Å². The van der Waals surface area contributed by atoms with Gasteiger partial charge in [-0.2, -0.15) is 0 Å². The predicted octanol–water partition coefficient (Wildman–Crippen LogP) is 4.82. The SMILES string of the molecule is [Na].[Na].c1ccc2c(Cc3cccc4ccccc34)cccc2c1. The van der Waals surface area contributed by atoms with Crippen LogP contribution in [0, 0.1) is 0 Å². The summed E-state index contributed by atoms with van der Waals surface area (Å²) in [5, 5.41) is 5.34. The van der Waals surface area contributed by atoms with Crippen molar-refractivity contribution in [2.24, 2.45) is 0 Å². The molecule has 0 heterocycles. The smallest absolute Gasteiger partial charge is 0 e. The molecule has 0 spiro atoms. The standard InChI is InChI=1S/C21H16.2Na/c1-3-13-20-16(7-1)9-5-11-18(20)15-19-12-6-10-17-8-2-4-14-21(17)19;;/h1-14H,15H2;;. The normalized spacial score (nSPS) is 10.1. The van der Waals surface area contributed by atoms with Crippen LogP contribution in [0.1, 0.15) is 11.1 Å². The van der Waals surface area contributed by atoms with Gasteiger partial charge in [0.05, 0.1) is 0 Å². The molecule has 0 unspecified atom stereocenters. The zero-order valence-electron chi connectivity index (χ0n) is 13.8. The van der Waals surface area contributed by atoms with Gasteiger partial charge >= 0.3 is 0 Å². The second-order valence-electron chi connectivity index (χ2n) is 5.45. The first-order valence-corrected chi connectivity index (χ1v) is 7.35. The first-order chi connectivity index (χ1) is 10.4. The molecule has 102 valence electrons. The molecule has 4 aromatic carbocycles. The van der Waals surface area contributed by atoms with Gasteiger partial charge in [0, 0.05) is 59.1 Å². The van der Waals surface area contributed by atoms with E-state index < -0.39 is 0 Å². The molecule has 0 N–H and O–H groups in total. The van der Waals surface area contributed by atoms with Crippen molar-refractivity contribution in [3.8, 4) is 0 Å². The molecule has 0 saturated carbocycles. The molecule has 0 aliphatic heterocycles. The van der Waals surface area contributed by atoms with Gasteiger partial charge < -0.3 is 0 Å². The van der Waals surface area contributed by atoms with Crippen molar-refractivity contribution >= 4 is 80.7 Å². The molecule has 2 heteroatoms. The molecule has 4 rings (SSSR count). The Morgan fingerprint density at radius 1 is 0.435 bits per heavy atom. The van der Waals surface area contributed by atoms with Crippen molar-refractivity contribution in [3.63, 3.8) is 0 Å². The number of hydrogen-bond acceptors (Lipinski definition) is 0. The van der Waals surface area contributed by atoms with E-state index in [9.17, 15) is 0 Å². The van der Waals surface area contributed by atoms with Gasteiger partial charge in [0.1, 0.15) is 0 Å². The molecular weight excluding hydrogens is 298 g/mol. The van der Waals surface area contributed by atoms with Crippen LogP contribution in [0.15, 0.2) is 84.9 Å². The monoisotopic (exact) mass is 314 g/mol. The molecule has 0 aromatic heterocycles. The van der Waals surface area contributed by atoms with Gasteiger partial charge in [-0.1, -0.05) is 84.9 Å². The van der Waals surface area contributed by atoms with Crippen LogP contribution in [0.5, 0.6) is 0 Å². The molecular formula is C21H16Na2. The maximum atomic E-state index is 2.24. The second kappa shape index (κ2) is 8.48. The third-order valence-electron chi connectivity index (χ3n) is 4.14. The molecule has 4 aromatic rings. The minimum atomic E-state index is 0. The van der Waals surface area contributed by atoms with Crippen molar-refractivity contribution in [1.82, 2.24) is 0 Å². The van der Waals surface area contributed by atoms with Crippen LogP contribution in [-0.4, -0.2) is 59.1 Å². The second-order valence-corrected chi connectivity index (χ2v) is 5.45. The maximum Gasteiger partial charge on any atom is 0 e. The van der Waals surface area contributed by atoms with Gasteiger partial charge in [-0.25, -0.2) is 0 Å². The van der Waals surface area contributed by atoms with Gasteiger partial charge in [-0.3, -0.25) is 0 Å². The molecule has 0 aliphatic carbocycles. The quantitative estimate of drug-likeness (QED) is 0.465. The predicted molar refractivity (Wildman–Crippen MR) is 102 cm³/mol. The van der Waals surface area contributed by atoms with Gasteiger partial charge in [0.2, 0.25) is 0 Å². The van der Waals surface area contributed by atoms with E-state index >= 15 is 0 Å². The summed E-state index contributed by atoms with van der Waals surface area (Å²) in [7, 11) is 0. The summed E-state index contributed by atoms with van der Waals surface area (Å²) in [6, 6.07) is 30.4. The number of benzene rings is 4. The number of hydrogen-bond donors (Lipinski definition) is 0. The number of rotatable bonds is 2. The molecule has 23 heavy (non-hydrogen) atoms. The van der Waals surface area contributed by atoms with Crippen LogP contribution in [0.2, 0.25) is 0 Å². The Labute approximate surface area is 181 Å². The fourth-order valence-corrected chi connectivity index (χ4v) is 3.10. The molecule has 0 amide bonds. The van der Waals surface area contributed by atoms with Crippen molar-refractivity contribution in [1.29, 1.82) is 0 Å². The number of fused-ring (bicyclic) bond motifs is 2. The Morgan fingerprint density at radius 3 is 1.30 bits per heavy atom. The first-order valence-electron chi connectivity index (χ1n) is 7.35. The summed E-state index contributed by atoms with van der Waals surface area (Å²) in [5.41, 5.74) is 2.79. The van der Waals surface area contributed by atoms with Crippen LogP contribution in [-0.2, 0) is 6.42 Å². The van der Waals surface area contributed by atoms with Crippen molar-refractivity contribution in [2.75, 3.05) is 0 Å². The molecule has 0 saturated heterocycles. The van der Waals surface area contributed by atoms with E-state index in [1.807, 2.05) is 0 Å². The van der Waals surface area contributed by atoms with E-state index in [0.29, 0.717) is 0 Å². The van der Waals surface area contributed by atoms with Crippen molar-refractivity contribution < 1.29 is 0 Å². The first kappa shape index (κ1) is 18.7. The zero-order valence-corrected chi connectivity index (χ0v) is 17.8. The summed E-state index contributed by atoms with van der Waals surface area (Å²) < 4.78 is 0. The molecule has 0 aliphatic rings.